The zero-order chi connectivity index (χ0) is 31.5. The molecule has 9 nitrogen and oxygen atoms in total. The molecular weight excluding hydrogens is 536 g/mol. The van der Waals surface area contributed by atoms with Crippen molar-refractivity contribution < 1.29 is 34.1 Å². The topological polar surface area (TPSA) is 148 Å². The van der Waals surface area contributed by atoms with Gasteiger partial charge in [0.1, 0.15) is 18.3 Å². The van der Waals surface area contributed by atoms with Gasteiger partial charge in [-0.3, -0.25) is 4.79 Å². The van der Waals surface area contributed by atoms with Crippen molar-refractivity contribution in [2.75, 3.05) is 0 Å². The van der Waals surface area contributed by atoms with E-state index in [-0.39, 0.29) is 11.8 Å². The predicted molar refractivity (Wildman–Crippen MR) is 165 cm³/mol. The summed E-state index contributed by atoms with van der Waals surface area (Å²) >= 11 is 0. The summed E-state index contributed by atoms with van der Waals surface area (Å²) < 4.78 is 10.9. The molecule has 5 atom stereocenters. The Labute approximate surface area is 250 Å². The molecule has 0 aromatic heterocycles. The van der Waals surface area contributed by atoms with Crippen LogP contribution in [-0.4, -0.2) is 52.6 Å². The van der Waals surface area contributed by atoms with E-state index in [1.807, 2.05) is 58.9 Å². The van der Waals surface area contributed by atoms with Crippen LogP contribution < -0.4 is 11.1 Å². The second-order valence-electron chi connectivity index (χ2n) is 10.8. The van der Waals surface area contributed by atoms with Crippen LogP contribution in [0.3, 0.4) is 0 Å². The number of aliphatic hydroxyl groups excluding tert-OH is 2. The highest BCUT2D eigenvalue weighted by Gasteiger charge is 2.21. The number of nitrogens with two attached hydrogens (primary N) is 1. The maximum absolute atomic E-state index is 12.6. The van der Waals surface area contributed by atoms with Crippen molar-refractivity contribution in [1.29, 1.82) is 0 Å². The fourth-order valence-corrected chi connectivity index (χ4v) is 4.17. The fourth-order valence-electron chi connectivity index (χ4n) is 4.17. The minimum atomic E-state index is -1.11. The number of aliphatic hydroxyl groups is 2. The van der Waals surface area contributed by atoms with E-state index < -0.39 is 36.5 Å². The Hall–Kier alpha value is -3.69. The van der Waals surface area contributed by atoms with E-state index in [2.05, 4.69) is 5.32 Å². The molecule has 1 aliphatic rings. The summed E-state index contributed by atoms with van der Waals surface area (Å²) in [5.41, 5.74) is 7.98. The molecule has 0 saturated heterocycles. The number of nitrogens with one attached hydrogen (secondary N) is 1. The molecule has 0 aromatic rings. The van der Waals surface area contributed by atoms with Crippen LogP contribution in [0.5, 0.6) is 0 Å². The Morgan fingerprint density at radius 2 is 1.88 bits per heavy atom. The van der Waals surface area contributed by atoms with E-state index in [9.17, 15) is 24.6 Å². The van der Waals surface area contributed by atoms with Crippen LogP contribution in [0.4, 0.5) is 4.79 Å². The van der Waals surface area contributed by atoms with Gasteiger partial charge in [0, 0.05) is 30.7 Å². The molecule has 9 heteroatoms. The second-order valence-corrected chi connectivity index (χ2v) is 10.8. The normalized spacial score (nSPS) is 24.3. The van der Waals surface area contributed by atoms with Crippen LogP contribution in [0.1, 0.15) is 73.1 Å². The lowest BCUT2D eigenvalue weighted by atomic mass is 9.95. The van der Waals surface area contributed by atoms with Crippen molar-refractivity contribution >= 4 is 18.0 Å². The SMILES string of the molecule is CC(C)=CC(=O)NC=CC(C)=C[C@@H](C)[C@H]1CC(C)=CC=CCC[C@@H](OC(N)=O)[C@H](O)C=C[C@H](O)CCCC=CC(=O)O1. The number of rotatable bonds is 6. The molecule has 0 bridgehead atoms. The summed E-state index contributed by atoms with van der Waals surface area (Å²) in [6.07, 6.45) is 17.3. The Bertz CT molecular complexity index is 1090. The van der Waals surface area contributed by atoms with Crippen LogP contribution in [0, 0.1) is 5.92 Å². The number of amides is 2. The van der Waals surface area contributed by atoms with Gasteiger partial charge >= 0.3 is 12.1 Å². The van der Waals surface area contributed by atoms with Gasteiger partial charge in [0.2, 0.25) is 5.91 Å². The molecule has 1 aliphatic heterocycles. The first-order chi connectivity index (χ1) is 19.9. The van der Waals surface area contributed by atoms with Gasteiger partial charge in [-0.25, -0.2) is 9.59 Å². The average Bonchev–Trinajstić information content (AvgIpc) is 2.89. The number of allylic oxidation sites excluding steroid dienone is 7. The third-order valence-corrected chi connectivity index (χ3v) is 6.33. The molecular formula is C33H48N2O7. The molecule has 1 heterocycles. The Kier molecular flexibility index (Phi) is 17.5. The average molecular weight is 585 g/mol. The molecule has 0 spiro atoms. The molecule has 0 aromatic carbocycles. The Balaban J connectivity index is 3.09. The first kappa shape index (κ1) is 36.3. The van der Waals surface area contributed by atoms with Gasteiger partial charge < -0.3 is 30.7 Å². The number of hydrogen-bond acceptors (Lipinski definition) is 7. The zero-order valence-electron chi connectivity index (χ0n) is 25.5. The molecule has 0 aliphatic carbocycles. The third kappa shape index (κ3) is 17.2. The van der Waals surface area contributed by atoms with Crippen LogP contribution in [0.15, 0.2) is 83.7 Å². The lowest BCUT2D eigenvalue weighted by molar-refractivity contribution is -0.144. The molecule has 0 radical (unpaired) electrons. The molecule has 232 valence electrons. The van der Waals surface area contributed by atoms with E-state index >= 15 is 0 Å². The largest absolute Gasteiger partial charge is 0.458 e. The summed E-state index contributed by atoms with van der Waals surface area (Å²) in [4.78, 5) is 35.8. The van der Waals surface area contributed by atoms with Crippen molar-refractivity contribution in [2.45, 2.75) is 97.6 Å². The van der Waals surface area contributed by atoms with Gasteiger partial charge in [0.15, 0.2) is 0 Å². The second kappa shape index (κ2) is 20.2. The van der Waals surface area contributed by atoms with Crippen LogP contribution >= 0.6 is 0 Å². The highest BCUT2D eigenvalue weighted by atomic mass is 16.6. The quantitative estimate of drug-likeness (QED) is 0.145. The summed E-state index contributed by atoms with van der Waals surface area (Å²) in [6, 6.07) is 0. The minimum absolute atomic E-state index is 0.124. The molecule has 42 heavy (non-hydrogen) atoms. The summed E-state index contributed by atoms with van der Waals surface area (Å²) in [5, 5.41) is 23.4. The number of hydrogen-bond donors (Lipinski definition) is 4. The van der Waals surface area contributed by atoms with Gasteiger partial charge in [-0.2, -0.15) is 0 Å². The van der Waals surface area contributed by atoms with E-state index in [4.69, 9.17) is 15.2 Å². The standard InChI is InChI=1S/C33H48N2O7/c1-23(2)20-31(38)35-19-18-25(4)21-26(5)30-22-24(3)12-8-6-10-14-29(42-33(34)40)28(37)17-16-27(36)13-9-7-11-15-32(39)41-30/h6,8,11-12,15-21,26-30,36-37H,7,9-10,13-14,22H2,1-5H3,(H2,34,40)(H,35,38)/t26-,27-,28-,29-,30-/m1/s1. The fraction of sp³-hybridized carbons (Fsp3) is 0.485. The molecule has 0 unspecified atom stereocenters. The van der Waals surface area contributed by atoms with Gasteiger partial charge in [-0.1, -0.05) is 66.2 Å². The highest BCUT2D eigenvalue weighted by molar-refractivity contribution is 5.88. The van der Waals surface area contributed by atoms with E-state index in [0.29, 0.717) is 38.5 Å². The third-order valence-electron chi connectivity index (χ3n) is 6.33. The number of ether oxygens (including phenoxy) is 2. The number of cyclic esters (lactones) is 1. The predicted octanol–water partition coefficient (Wildman–Crippen LogP) is 5.23. The summed E-state index contributed by atoms with van der Waals surface area (Å²) in [6.45, 7) is 9.54. The maximum atomic E-state index is 12.6. The van der Waals surface area contributed by atoms with Crippen molar-refractivity contribution in [3.8, 4) is 0 Å². The van der Waals surface area contributed by atoms with Gasteiger partial charge in [0.25, 0.3) is 0 Å². The lowest BCUT2D eigenvalue weighted by Gasteiger charge is -2.22. The van der Waals surface area contributed by atoms with Crippen molar-refractivity contribution in [1.82, 2.24) is 5.32 Å². The van der Waals surface area contributed by atoms with Crippen molar-refractivity contribution in [3.63, 3.8) is 0 Å². The lowest BCUT2D eigenvalue weighted by Crippen LogP contribution is -2.32. The Morgan fingerprint density at radius 1 is 1.14 bits per heavy atom. The monoisotopic (exact) mass is 584 g/mol. The molecule has 0 saturated carbocycles. The van der Waals surface area contributed by atoms with Crippen molar-refractivity contribution in [2.24, 2.45) is 11.7 Å². The molecule has 2 amide bonds. The van der Waals surface area contributed by atoms with Gasteiger partial charge in [0.05, 0.1) is 6.10 Å². The smallest absolute Gasteiger partial charge is 0.404 e. The maximum Gasteiger partial charge on any atom is 0.404 e. The van der Waals surface area contributed by atoms with Crippen LogP contribution in [-0.2, 0) is 19.1 Å². The first-order valence-electron chi connectivity index (χ1n) is 14.4. The zero-order valence-corrected chi connectivity index (χ0v) is 25.5. The van der Waals surface area contributed by atoms with Gasteiger partial charge in [-0.05, 0) is 65.9 Å². The Morgan fingerprint density at radius 3 is 2.57 bits per heavy atom. The number of primary amides is 1. The van der Waals surface area contributed by atoms with Crippen LogP contribution in [0.2, 0.25) is 0 Å². The van der Waals surface area contributed by atoms with Gasteiger partial charge in [-0.15, -0.1) is 0 Å². The molecule has 1 rings (SSSR count). The molecule has 5 N–H and O–H groups in total. The minimum Gasteiger partial charge on any atom is -0.458 e. The van der Waals surface area contributed by atoms with E-state index in [1.165, 1.54) is 24.3 Å². The van der Waals surface area contributed by atoms with Crippen LogP contribution in [0.25, 0.3) is 0 Å². The van der Waals surface area contributed by atoms with Crippen molar-refractivity contribution in [3.05, 3.63) is 83.7 Å². The number of carbonyl (C=O) groups excluding carboxylic acids is 3. The first-order valence-corrected chi connectivity index (χ1v) is 14.4. The van der Waals surface area contributed by atoms with E-state index in [0.717, 1.165) is 16.7 Å². The number of esters is 1. The molecule has 0 fully saturated rings. The number of carbonyl (C=O) groups is 3. The van der Waals surface area contributed by atoms with E-state index in [1.54, 1.807) is 18.4 Å². The summed E-state index contributed by atoms with van der Waals surface area (Å²) in [7, 11) is 0. The summed E-state index contributed by atoms with van der Waals surface area (Å²) in [5.74, 6) is -0.764. The highest BCUT2D eigenvalue weighted by Crippen LogP contribution is 2.21.